The third-order valence-electron chi connectivity index (χ3n) is 3.54. The Morgan fingerprint density at radius 3 is 2.57 bits per heavy atom. The number of hydrogen-bond acceptors (Lipinski definition) is 3. The molecule has 0 atom stereocenters. The summed E-state index contributed by atoms with van der Waals surface area (Å²) in [6.45, 7) is 8.51. The summed E-state index contributed by atoms with van der Waals surface area (Å²) in [6, 6.07) is 4.90. The zero-order valence-corrected chi connectivity index (χ0v) is 13.8. The molecular formula is C17H21N3O3. The summed E-state index contributed by atoms with van der Waals surface area (Å²) >= 11 is 0. The van der Waals surface area contributed by atoms with Crippen molar-refractivity contribution in [3.63, 3.8) is 0 Å². The van der Waals surface area contributed by atoms with E-state index in [0.717, 1.165) is 17.8 Å². The molecule has 6 nitrogen and oxygen atoms in total. The van der Waals surface area contributed by atoms with Crippen LogP contribution in [-0.2, 0) is 6.54 Å². The summed E-state index contributed by atoms with van der Waals surface area (Å²) in [5.74, 6) is -1.01. The third kappa shape index (κ3) is 3.77. The lowest BCUT2D eigenvalue weighted by Crippen LogP contribution is -2.16. The first kappa shape index (κ1) is 16.7. The highest BCUT2D eigenvalue weighted by atomic mass is 16.4. The van der Waals surface area contributed by atoms with Crippen molar-refractivity contribution in [2.45, 2.75) is 34.2 Å². The summed E-state index contributed by atoms with van der Waals surface area (Å²) in [4.78, 5) is 23.8. The molecule has 0 saturated carbocycles. The van der Waals surface area contributed by atoms with Gasteiger partial charge in [0.1, 0.15) is 0 Å². The summed E-state index contributed by atoms with van der Waals surface area (Å²) in [6.07, 6.45) is 1.52. The maximum atomic E-state index is 12.4. The number of nitrogens with zero attached hydrogens (tertiary/aromatic N) is 2. The molecule has 1 heterocycles. The second-order valence-corrected chi connectivity index (χ2v) is 6.03. The van der Waals surface area contributed by atoms with Gasteiger partial charge in [0.05, 0.1) is 23.0 Å². The molecule has 122 valence electrons. The predicted molar refractivity (Wildman–Crippen MR) is 87.9 cm³/mol. The van der Waals surface area contributed by atoms with Crippen LogP contribution in [0, 0.1) is 19.8 Å². The van der Waals surface area contributed by atoms with Gasteiger partial charge in [-0.3, -0.25) is 9.48 Å². The number of rotatable bonds is 5. The molecular weight excluding hydrogens is 294 g/mol. The first-order valence-corrected chi connectivity index (χ1v) is 7.47. The van der Waals surface area contributed by atoms with E-state index in [-0.39, 0.29) is 17.2 Å². The molecule has 1 amide bonds. The van der Waals surface area contributed by atoms with Crippen molar-refractivity contribution in [1.82, 2.24) is 9.78 Å². The molecule has 0 unspecified atom stereocenters. The first-order valence-electron chi connectivity index (χ1n) is 7.47. The van der Waals surface area contributed by atoms with Gasteiger partial charge in [0.25, 0.3) is 5.91 Å². The second-order valence-electron chi connectivity index (χ2n) is 6.03. The van der Waals surface area contributed by atoms with Crippen molar-refractivity contribution in [2.75, 3.05) is 5.32 Å². The van der Waals surface area contributed by atoms with Crippen LogP contribution >= 0.6 is 0 Å². The Labute approximate surface area is 135 Å². The number of amides is 1. The van der Waals surface area contributed by atoms with Gasteiger partial charge in [0.15, 0.2) is 0 Å². The molecule has 0 aliphatic rings. The van der Waals surface area contributed by atoms with Crippen LogP contribution in [0.4, 0.5) is 5.69 Å². The van der Waals surface area contributed by atoms with Crippen LogP contribution in [0.25, 0.3) is 0 Å². The molecule has 2 aromatic rings. The summed E-state index contributed by atoms with van der Waals surface area (Å²) in [7, 11) is 0. The van der Waals surface area contributed by atoms with Gasteiger partial charge in [-0.15, -0.1) is 0 Å². The van der Waals surface area contributed by atoms with Crippen LogP contribution in [0.3, 0.4) is 0 Å². The summed E-state index contributed by atoms with van der Waals surface area (Å²) in [5, 5.41) is 16.2. The van der Waals surface area contributed by atoms with E-state index in [1.165, 1.54) is 12.3 Å². The molecule has 1 aromatic carbocycles. The average molecular weight is 315 g/mol. The third-order valence-corrected chi connectivity index (χ3v) is 3.54. The van der Waals surface area contributed by atoms with Gasteiger partial charge in [-0.05, 0) is 31.9 Å². The lowest BCUT2D eigenvalue weighted by atomic mass is 10.1. The molecule has 0 bridgehead atoms. The minimum absolute atomic E-state index is 0.0746. The van der Waals surface area contributed by atoms with Crippen LogP contribution in [0.2, 0.25) is 0 Å². The number of carboxylic acids is 1. The van der Waals surface area contributed by atoms with Gasteiger partial charge in [-0.1, -0.05) is 25.5 Å². The summed E-state index contributed by atoms with van der Waals surface area (Å²) < 4.78 is 1.78. The van der Waals surface area contributed by atoms with E-state index < -0.39 is 5.97 Å². The molecule has 0 radical (unpaired) electrons. The molecule has 6 heteroatoms. The Morgan fingerprint density at radius 2 is 1.96 bits per heavy atom. The van der Waals surface area contributed by atoms with Crippen LogP contribution in [0.15, 0.2) is 24.4 Å². The number of carboxylic acid groups (broad SMARTS) is 1. The number of nitrogens with one attached hydrogen (secondary N) is 1. The summed E-state index contributed by atoms with van der Waals surface area (Å²) in [5.41, 5.74) is 2.39. The minimum Gasteiger partial charge on any atom is -0.478 e. The number of carbonyl (C=O) groups is 2. The van der Waals surface area contributed by atoms with Gasteiger partial charge >= 0.3 is 5.97 Å². The van der Waals surface area contributed by atoms with Crippen molar-refractivity contribution < 1.29 is 14.7 Å². The number of anilines is 1. The highest BCUT2D eigenvalue weighted by Crippen LogP contribution is 2.19. The van der Waals surface area contributed by atoms with Gasteiger partial charge < -0.3 is 10.4 Å². The van der Waals surface area contributed by atoms with Crippen molar-refractivity contribution in [2.24, 2.45) is 5.92 Å². The Hall–Kier alpha value is -2.63. The number of aromatic carboxylic acids is 1. The smallest absolute Gasteiger partial charge is 0.337 e. The Morgan fingerprint density at radius 1 is 1.26 bits per heavy atom. The number of hydrogen-bond donors (Lipinski definition) is 2. The standard InChI is InChI=1S/C17H21N3O3/c1-10(2)9-20-12(4)14(8-18-20)16(21)19-15-6-5-11(3)7-13(15)17(22)23/h5-8,10H,9H2,1-4H3,(H,19,21)(H,22,23). The zero-order valence-electron chi connectivity index (χ0n) is 13.8. The van der Waals surface area contributed by atoms with E-state index in [0.29, 0.717) is 11.5 Å². The Bertz CT molecular complexity index is 748. The molecule has 2 N–H and O–H groups in total. The number of aromatic nitrogens is 2. The van der Waals surface area contributed by atoms with Gasteiger partial charge in [-0.25, -0.2) is 4.79 Å². The van der Waals surface area contributed by atoms with Crippen LogP contribution in [0.5, 0.6) is 0 Å². The fourth-order valence-corrected chi connectivity index (χ4v) is 2.33. The van der Waals surface area contributed by atoms with Crippen molar-refractivity contribution in [1.29, 1.82) is 0 Å². The maximum absolute atomic E-state index is 12.4. The predicted octanol–water partition coefficient (Wildman–Crippen LogP) is 3.11. The van der Waals surface area contributed by atoms with E-state index in [4.69, 9.17) is 0 Å². The SMILES string of the molecule is Cc1ccc(NC(=O)c2cnn(CC(C)C)c2C)c(C(=O)O)c1. The van der Waals surface area contributed by atoms with Crippen molar-refractivity contribution in [3.05, 3.63) is 46.8 Å². The van der Waals surface area contributed by atoms with E-state index in [1.54, 1.807) is 23.7 Å². The lowest BCUT2D eigenvalue weighted by molar-refractivity contribution is 0.0698. The molecule has 0 fully saturated rings. The number of benzene rings is 1. The highest BCUT2D eigenvalue weighted by molar-refractivity contribution is 6.08. The van der Waals surface area contributed by atoms with Gasteiger partial charge in [-0.2, -0.15) is 5.10 Å². The topological polar surface area (TPSA) is 84.2 Å². The Kier molecular flexibility index (Phi) is 4.83. The second kappa shape index (κ2) is 6.64. The van der Waals surface area contributed by atoms with E-state index >= 15 is 0 Å². The minimum atomic E-state index is -1.07. The van der Waals surface area contributed by atoms with Crippen molar-refractivity contribution in [3.8, 4) is 0 Å². The molecule has 0 aliphatic heterocycles. The molecule has 0 spiro atoms. The largest absolute Gasteiger partial charge is 0.478 e. The number of aryl methyl sites for hydroxylation is 1. The first-order chi connectivity index (χ1) is 10.8. The van der Waals surface area contributed by atoms with Crippen LogP contribution in [0.1, 0.15) is 45.8 Å². The molecule has 0 saturated heterocycles. The molecule has 2 rings (SSSR count). The molecule has 0 aliphatic carbocycles. The fourth-order valence-electron chi connectivity index (χ4n) is 2.33. The van der Waals surface area contributed by atoms with E-state index in [1.807, 2.05) is 6.92 Å². The monoisotopic (exact) mass is 315 g/mol. The number of carbonyl (C=O) groups excluding carboxylic acids is 1. The van der Waals surface area contributed by atoms with Gasteiger partial charge in [0, 0.05) is 12.2 Å². The molecule has 23 heavy (non-hydrogen) atoms. The van der Waals surface area contributed by atoms with Crippen LogP contribution in [-0.4, -0.2) is 26.8 Å². The van der Waals surface area contributed by atoms with Gasteiger partial charge in [0.2, 0.25) is 0 Å². The maximum Gasteiger partial charge on any atom is 0.337 e. The highest BCUT2D eigenvalue weighted by Gasteiger charge is 2.18. The average Bonchev–Trinajstić information content (AvgIpc) is 2.81. The van der Waals surface area contributed by atoms with Crippen molar-refractivity contribution >= 4 is 17.6 Å². The van der Waals surface area contributed by atoms with E-state index in [2.05, 4.69) is 24.3 Å². The molecule has 1 aromatic heterocycles. The van der Waals surface area contributed by atoms with E-state index in [9.17, 15) is 14.7 Å². The zero-order chi connectivity index (χ0) is 17.1. The Balaban J connectivity index is 2.27. The van der Waals surface area contributed by atoms with Crippen LogP contribution < -0.4 is 5.32 Å². The fraction of sp³-hybridized carbons (Fsp3) is 0.353. The lowest BCUT2D eigenvalue weighted by Gasteiger charge is -2.10. The normalized spacial score (nSPS) is 10.8. The quantitative estimate of drug-likeness (QED) is 0.888.